The van der Waals surface area contributed by atoms with E-state index in [-0.39, 0.29) is 5.97 Å². The molecule has 2 nitrogen and oxygen atoms in total. The molecule has 0 spiro atoms. The minimum atomic E-state index is -0.278. The van der Waals surface area contributed by atoms with Gasteiger partial charge in [0, 0.05) is 10.5 Å². The Morgan fingerprint density at radius 1 is 1.31 bits per heavy atom. The smallest absolute Gasteiger partial charge is 0.308 e. The third-order valence-corrected chi connectivity index (χ3v) is 3.37. The fourth-order valence-electron chi connectivity index (χ4n) is 1.13. The monoisotopic (exact) mass is 290 g/mol. The fraction of sp³-hybridized carbons (Fsp3) is 0.300. The second-order valence-corrected chi connectivity index (χ2v) is 4.04. The van der Waals surface area contributed by atoms with Crippen molar-refractivity contribution < 1.29 is 9.53 Å². The first-order valence-corrected chi connectivity index (χ1v) is 5.03. The summed E-state index contributed by atoms with van der Waals surface area (Å²) in [4.78, 5) is 10.7. The second kappa shape index (κ2) is 4.09. The van der Waals surface area contributed by atoms with E-state index in [1.807, 2.05) is 26.0 Å². The number of hydrogen-bond acceptors (Lipinski definition) is 2. The average molecular weight is 290 g/mol. The van der Waals surface area contributed by atoms with Gasteiger partial charge < -0.3 is 4.74 Å². The molecule has 3 heteroatoms. The van der Waals surface area contributed by atoms with Crippen molar-refractivity contribution in [2.45, 2.75) is 20.8 Å². The molecule has 1 aromatic carbocycles. The molecule has 0 heterocycles. The summed E-state index contributed by atoms with van der Waals surface area (Å²) in [6, 6.07) is 3.74. The van der Waals surface area contributed by atoms with Crippen LogP contribution in [0.15, 0.2) is 12.1 Å². The Bertz CT molecular complexity index is 322. The predicted octanol–water partition coefficient (Wildman–Crippen LogP) is 2.83. The Morgan fingerprint density at radius 3 is 2.15 bits per heavy atom. The van der Waals surface area contributed by atoms with Gasteiger partial charge >= 0.3 is 5.97 Å². The van der Waals surface area contributed by atoms with E-state index in [9.17, 15) is 4.79 Å². The third-order valence-electron chi connectivity index (χ3n) is 1.67. The first kappa shape index (κ1) is 10.5. The normalized spacial score (nSPS) is 9.85. The van der Waals surface area contributed by atoms with Gasteiger partial charge in [0.05, 0.1) is 0 Å². The van der Waals surface area contributed by atoms with Crippen LogP contribution in [0.5, 0.6) is 5.75 Å². The van der Waals surface area contributed by atoms with Gasteiger partial charge in [-0.05, 0) is 59.7 Å². The van der Waals surface area contributed by atoms with Crippen molar-refractivity contribution in [3.63, 3.8) is 0 Å². The molecule has 13 heavy (non-hydrogen) atoms. The molecule has 0 aromatic heterocycles. The largest absolute Gasteiger partial charge is 0.427 e. The Labute approximate surface area is 91.4 Å². The molecule has 0 amide bonds. The molecule has 0 aliphatic heterocycles. The van der Waals surface area contributed by atoms with Crippen LogP contribution in [0.1, 0.15) is 18.1 Å². The number of esters is 1. The first-order valence-electron chi connectivity index (χ1n) is 3.96. The lowest BCUT2D eigenvalue weighted by Gasteiger charge is -2.06. The number of benzene rings is 1. The van der Waals surface area contributed by atoms with Gasteiger partial charge in [-0.25, -0.2) is 0 Å². The van der Waals surface area contributed by atoms with E-state index in [0.29, 0.717) is 5.75 Å². The van der Waals surface area contributed by atoms with Crippen molar-refractivity contribution in [1.82, 2.24) is 0 Å². The first-order chi connectivity index (χ1) is 6.00. The van der Waals surface area contributed by atoms with Gasteiger partial charge in [-0.15, -0.1) is 0 Å². The number of carbonyl (C=O) groups is 1. The maximum atomic E-state index is 10.7. The summed E-state index contributed by atoms with van der Waals surface area (Å²) in [5.41, 5.74) is 2.27. The van der Waals surface area contributed by atoms with Crippen LogP contribution >= 0.6 is 22.6 Å². The Morgan fingerprint density at radius 2 is 1.77 bits per heavy atom. The summed E-state index contributed by atoms with van der Waals surface area (Å²) in [7, 11) is 0. The molecular weight excluding hydrogens is 279 g/mol. The fourth-order valence-corrected chi connectivity index (χ4v) is 1.44. The zero-order valence-corrected chi connectivity index (χ0v) is 10.0. The van der Waals surface area contributed by atoms with Gasteiger partial charge in [-0.2, -0.15) is 0 Å². The van der Waals surface area contributed by atoms with Crippen LogP contribution in [-0.4, -0.2) is 5.97 Å². The molecule has 0 saturated carbocycles. The molecule has 0 aliphatic carbocycles. The highest BCUT2D eigenvalue weighted by Crippen LogP contribution is 2.23. The highest BCUT2D eigenvalue weighted by Gasteiger charge is 2.04. The van der Waals surface area contributed by atoms with E-state index in [2.05, 4.69) is 22.6 Å². The number of ether oxygens (including phenoxy) is 1. The predicted molar refractivity (Wildman–Crippen MR) is 59.9 cm³/mol. The van der Waals surface area contributed by atoms with Crippen LogP contribution in [0.4, 0.5) is 0 Å². The lowest BCUT2D eigenvalue weighted by atomic mass is 10.1. The van der Waals surface area contributed by atoms with E-state index in [4.69, 9.17) is 4.74 Å². The van der Waals surface area contributed by atoms with E-state index in [1.165, 1.54) is 10.5 Å². The van der Waals surface area contributed by atoms with Crippen molar-refractivity contribution in [2.75, 3.05) is 0 Å². The average Bonchev–Trinajstić information content (AvgIpc) is 1.98. The van der Waals surface area contributed by atoms with Crippen LogP contribution < -0.4 is 4.74 Å². The lowest BCUT2D eigenvalue weighted by Crippen LogP contribution is -2.02. The minimum Gasteiger partial charge on any atom is -0.427 e. The van der Waals surface area contributed by atoms with Gasteiger partial charge in [0.25, 0.3) is 0 Å². The van der Waals surface area contributed by atoms with Crippen molar-refractivity contribution in [3.8, 4) is 5.75 Å². The van der Waals surface area contributed by atoms with Crippen LogP contribution in [0.2, 0.25) is 0 Å². The summed E-state index contributed by atoms with van der Waals surface area (Å²) in [5, 5.41) is 0. The SMILES string of the molecule is CC(=O)Oc1cc(C)c(I)c(C)c1. The molecule has 1 rings (SSSR count). The molecule has 0 fully saturated rings. The van der Waals surface area contributed by atoms with Crippen LogP contribution in [0, 0.1) is 17.4 Å². The molecule has 0 aliphatic rings. The quantitative estimate of drug-likeness (QED) is 0.451. The molecule has 0 saturated heterocycles. The summed E-state index contributed by atoms with van der Waals surface area (Å²) >= 11 is 2.28. The Hall–Kier alpha value is -0.580. The highest BCUT2D eigenvalue weighted by atomic mass is 127. The highest BCUT2D eigenvalue weighted by molar-refractivity contribution is 14.1. The Balaban J connectivity index is 3.06. The van der Waals surface area contributed by atoms with E-state index < -0.39 is 0 Å². The van der Waals surface area contributed by atoms with Crippen LogP contribution in [0.3, 0.4) is 0 Å². The molecular formula is C10H11IO2. The van der Waals surface area contributed by atoms with Gasteiger partial charge in [0.2, 0.25) is 0 Å². The van der Waals surface area contributed by atoms with Gasteiger partial charge in [-0.1, -0.05) is 0 Å². The van der Waals surface area contributed by atoms with Crippen molar-refractivity contribution in [1.29, 1.82) is 0 Å². The molecule has 0 radical (unpaired) electrons. The molecule has 1 aromatic rings. The number of halogens is 1. The molecule has 0 unspecified atom stereocenters. The number of aryl methyl sites for hydroxylation is 2. The van der Waals surface area contributed by atoms with Gasteiger partial charge in [0.15, 0.2) is 0 Å². The maximum Gasteiger partial charge on any atom is 0.308 e. The third kappa shape index (κ3) is 2.69. The van der Waals surface area contributed by atoms with E-state index >= 15 is 0 Å². The number of hydrogen-bond donors (Lipinski definition) is 0. The lowest BCUT2D eigenvalue weighted by molar-refractivity contribution is -0.131. The maximum absolute atomic E-state index is 10.7. The molecule has 0 bridgehead atoms. The second-order valence-electron chi connectivity index (χ2n) is 2.96. The number of rotatable bonds is 1. The van der Waals surface area contributed by atoms with E-state index in [0.717, 1.165) is 11.1 Å². The summed E-state index contributed by atoms with van der Waals surface area (Å²) in [6.07, 6.45) is 0. The van der Waals surface area contributed by atoms with Gasteiger partial charge in [0.1, 0.15) is 5.75 Å². The summed E-state index contributed by atoms with van der Waals surface area (Å²) in [6.45, 7) is 5.41. The number of carbonyl (C=O) groups excluding carboxylic acids is 1. The Kier molecular flexibility index (Phi) is 3.30. The van der Waals surface area contributed by atoms with Gasteiger partial charge in [-0.3, -0.25) is 4.79 Å². The standard InChI is InChI=1S/C10H11IO2/c1-6-4-9(13-8(3)12)5-7(2)10(6)11/h4-5H,1-3H3. The van der Waals surface area contributed by atoms with Crippen LogP contribution in [0.25, 0.3) is 0 Å². The van der Waals surface area contributed by atoms with Crippen LogP contribution in [-0.2, 0) is 4.79 Å². The molecule has 70 valence electrons. The zero-order valence-electron chi connectivity index (χ0n) is 7.85. The van der Waals surface area contributed by atoms with Crippen molar-refractivity contribution >= 4 is 28.6 Å². The van der Waals surface area contributed by atoms with E-state index in [1.54, 1.807) is 0 Å². The topological polar surface area (TPSA) is 26.3 Å². The van der Waals surface area contributed by atoms with Crippen molar-refractivity contribution in [3.05, 3.63) is 26.8 Å². The minimum absolute atomic E-state index is 0.278. The molecule has 0 N–H and O–H groups in total. The summed E-state index contributed by atoms with van der Waals surface area (Å²) in [5.74, 6) is 0.350. The zero-order chi connectivity index (χ0) is 10.0. The summed E-state index contributed by atoms with van der Waals surface area (Å²) < 4.78 is 6.20. The molecule has 0 atom stereocenters. The van der Waals surface area contributed by atoms with Crippen molar-refractivity contribution in [2.24, 2.45) is 0 Å².